The number of rotatable bonds is 4. The maximum Gasteiger partial charge on any atom is 0.417 e. The molecule has 2 aromatic heterocycles. The molecule has 29 heavy (non-hydrogen) atoms. The van der Waals surface area contributed by atoms with Crippen LogP contribution in [0.1, 0.15) is 0 Å². The third kappa shape index (κ3) is 2.75. The standard InChI is InChI=1S/C16H6N4O8S/c21-5-17-13-9(3-1-7-11(13)19-15(23)27-7)29(25,26)10-4-2-8-12(14(10)18-6-22)20-16(24)28-8/h1-4H,(H,19,23)(H,20,24). The zero-order chi connectivity index (χ0) is 20.8. The molecule has 2 N–H and O–H groups in total. The van der Waals surface area contributed by atoms with Gasteiger partial charge in [0.1, 0.15) is 32.2 Å². The van der Waals surface area contributed by atoms with Crippen molar-refractivity contribution in [1.82, 2.24) is 9.97 Å². The Balaban J connectivity index is 2.11. The number of H-pyrrole nitrogens is 2. The number of hydrogen-bond acceptors (Lipinski definition) is 10. The molecule has 0 radical (unpaired) electrons. The smallest absolute Gasteiger partial charge is 0.408 e. The fourth-order valence-corrected chi connectivity index (χ4v) is 4.37. The normalized spacial score (nSPS) is 11.3. The third-order valence-electron chi connectivity index (χ3n) is 3.96. The predicted octanol–water partition coefficient (Wildman–Crippen LogP) is 1.32. The molecule has 2 aromatic carbocycles. The highest BCUT2D eigenvalue weighted by atomic mass is 32.2. The van der Waals surface area contributed by atoms with Gasteiger partial charge in [-0.05, 0) is 24.3 Å². The summed E-state index contributed by atoms with van der Waals surface area (Å²) in [5, 5.41) is 0. The Hall–Kier alpha value is -4.31. The lowest BCUT2D eigenvalue weighted by Crippen LogP contribution is -2.04. The van der Waals surface area contributed by atoms with Gasteiger partial charge in [-0.1, -0.05) is 0 Å². The second-order valence-corrected chi connectivity index (χ2v) is 7.40. The Bertz CT molecular complexity index is 1510. The van der Waals surface area contributed by atoms with Crippen molar-refractivity contribution in [2.75, 3.05) is 0 Å². The molecular formula is C16H6N4O8S. The van der Waals surface area contributed by atoms with Gasteiger partial charge in [0.15, 0.2) is 11.2 Å². The van der Waals surface area contributed by atoms with Crippen molar-refractivity contribution < 1.29 is 26.8 Å². The van der Waals surface area contributed by atoms with Crippen molar-refractivity contribution in [3.05, 3.63) is 45.4 Å². The molecule has 2 heterocycles. The molecule has 0 aliphatic heterocycles. The monoisotopic (exact) mass is 414 g/mol. The number of carbonyl (C=O) groups excluding carboxylic acids is 2. The number of sulfone groups is 1. The topological polar surface area (TPSA) is 185 Å². The maximum atomic E-state index is 13.3. The summed E-state index contributed by atoms with van der Waals surface area (Å²) in [7, 11) is -4.48. The average molecular weight is 414 g/mol. The molecule has 0 fully saturated rings. The summed E-state index contributed by atoms with van der Waals surface area (Å²) in [6, 6.07) is 4.48. The van der Waals surface area contributed by atoms with Crippen molar-refractivity contribution in [3.8, 4) is 0 Å². The molecule has 12 nitrogen and oxygen atoms in total. The molecule has 0 saturated carbocycles. The number of hydrogen-bond donors (Lipinski definition) is 2. The minimum absolute atomic E-state index is 0.0382. The number of fused-ring (bicyclic) bond motifs is 2. The Kier molecular flexibility index (Phi) is 3.98. The van der Waals surface area contributed by atoms with E-state index in [0.29, 0.717) is 0 Å². The summed E-state index contributed by atoms with van der Waals surface area (Å²) < 4.78 is 36.3. The van der Waals surface area contributed by atoms with Crippen LogP contribution in [0.4, 0.5) is 11.4 Å². The second kappa shape index (κ2) is 6.39. The van der Waals surface area contributed by atoms with Crippen molar-refractivity contribution in [3.63, 3.8) is 0 Å². The zero-order valence-corrected chi connectivity index (χ0v) is 14.7. The molecule has 0 spiro atoms. The molecule has 0 atom stereocenters. The van der Waals surface area contributed by atoms with Gasteiger partial charge in [0.2, 0.25) is 22.0 Å². The van der Waals surface area contributed by atoms with Crippen LogP contribution in [-0.2, 0) is 19.4 Å². The quantitative estimate of drug-likeness (QED) is 0.370. The van der Waals surface area contributed by atoms with Gasteiger partial charge in [-0.2, -0.15) is 9.98 Å². The van der Waals surface area contributed by atoms with Gasteiger partial charge < -0.3 is 8.83 Å². The van der Waals surface area contributed by atoms with E-state index in [1.165, 1.54) is 24.3 Å². The van der Waals surface area contributed by atoms with E-state index in [4.69, 9.17) is 8.83 Å². The van der Waals surface area contributed by atoms with Crippen LogP contribution >= 0.6 is 0 Å². The van der Waals surface area contributed by atoms with Crippen LogP contribution in [0, 0.1) is 0 Å². The lowest BCUT2D eigenvalue weighted by Gasteiger charge is -2.09. The number of aromatic amines is 2. The maximum absolute atomic E-state index is 13.3. The molecule has 0 aliphatic carbocycles. The molecule has 4 aromatic rings. The van der Waals surface area contributed by atoms with Crippen LogP contribution in [0.15, 0.2) is 62.5 Å². The summed E-state index contributed by atoms with van der Waals surface area (Å²) in [4.78, 5) is 54.9. The highest BCUT2D eigenvalue weighted by Crippen LogP contribution is 2.39. The van der Waals surface area contributed by atoms with Gasteiger partial charge in [-0.15, -0.1) is 0 Å². The number of aliphatic imine (C=N–C) groups is 2. The first kappa shape index (κ1) is 18.1. The van der Waals surface area contributed by atoms with Gasteiger partial charge in [-0.3, -0.25) is 9.97 Å². The molecule has 13 heteroatoms. The first-order chi connectivity index (χ1) is 13.9. The van der Waals surface area contributed by atoms with E-state index in [2.05, 4.69) is 20.0 Å². The lowest BCUT2D eigenvalue weighted by atomic mass is 10.3. The fourth-order valence-electron chi connectivity index (χ4n) is 2.84. The fraction of sp³-hybridized carbons (Fsp3) is 0. The molecule has 0 saturated heterocycles. The minimum Gasteiger partial charge on any atom is -0.408 e. The van der Waals surface area contributed by atoms with Crippen molar-refractivity contribution in [2.45, 2.75) is 9.79 Å². The number of benzene rings is 2. The summed E-state index contributed by atoms with van der Waals surface area (Å²) in [5.41, 5.74) is -1.21. The third-order valence-corrected chi connectivity index (χ3v) is 5.78. The zero-order valence-electron chi connectivity index (χ0n) is 13.9. The Morgan fingerprint density at radius 2 is 1.17 bits per heavy atom. The highest BCUT2D eigenvalue weighted by Gasteiger charge is 2.29. The predicted molar refractivity (Wildman–Crippen MR) is 94.7 cm³/mol. The van der Waals surface area contributed by atoms with Gasteiger partial charge in [0.25, 0.3) is 0 Å². The van der Waals surface area contributed by atoms with E-state index in [9.17, 15) is 27.6 Å². The van der Waals surface area contributed by atoms with Crippen molar-refractivity contribution in [2.24, 2.45) is 9.98 Å². The van der Waals surface area contributed by atoms with E-state index in [0.717, 1.165) is 12.1 Å². The van der Waals surface area contributed by atoms with Gasteiger partial charge in [0.05, 0.1) is 0 Å². The molecular weight excluding hydrogens is 408 g/mol. The molecule has 144 valence electrons. The first-order valence-corrected chi connectivity index (χ1v) is 9.07. The first-order valence-electron chi connectivity index (χ1n) is 7.59. The summed E-state index contributed by atoms with van der Waals surface area (Å²) >= 11 is 0. The van der Waals surface area contributed by atoms with Gasteiger partial charge in [0, 0.05) is 0 Å². The SMILES string of the molecule is O=C=Nc1c(S(=O)(=O)c2ccc3oc(=O)[nH]c3c2N=C=O)ccc2oc(=O)[nH]c12. The van der Waals surface area contributed by atoms with E-state index in [1.54, 1.807) is 0 Å². The van der Waals surface area contributed by atoms with Crippen molar-refractivity contribution in [1.29, 1.82) is 0 Å². The second-order valence-electron chi connectivity index (χ2n) is 5.51. The molecule has 0 bridgehead atoms. The Labute approximate surface area is 158 Å². The molecule has 0 aliphatic rings. The number of aromatic nitrogens is 2. The Morgan fingerprint density at radius 1 is 0.759 bits per heavy atom. The van der Waals surface area contributed by atoms with Crippen LogP contribution in [-0.4, -0.2) is 30.5 Å². The number of oxazole rings is 2. The molecule has 4 rings (SSSR count). The van der Waals surface area contributed by atoms with E-state index in [1.807, 2.05) is 0 Å². The average Bonchev–Trinajstić information content (AvgIpc) is 3.23. The molecule has 0 unspecified atom stereocenters. The highest BCUT2D eigenvalue weighted by molar-refractivity contribution is 7.91. The van der Waals surface area contributed by atoms with Crippen LogP contribution in [0.25, 0.3) is 22.2 Å². The number of isocyanates is 2. The van der Waals surface area contributed by atoms with Gasteiger partial charge in [-0.25, -0.2) is 27.6 Å². The molecule has 0 amide bonds. The number of nitrogens with one attached hydrogen (secondary N) is 2. The van der Waals surface area contributed by atoms with Gasteiger partial charge >= 0.3 is 11.5 Å². The van der Waals surface area contributed by atoms with Crippen LogP contribution < -0.4 is 11.5 Å². The van der Waals surface area contributed by atoms with E-state index < -0.39 is 42.5 Å². The van der Waals surface area contributed by atoms with Crippen LogP contribution in [0.2, 0.25) is 0 Å². The summed E-state index contributed by atoms with van der Waals surface area (Å²) in [6.45, 7) is 0. The number of nitrogens with zero attached hydrogens (tertiary/aromatic N) is 2. The summed E-state index contributed by atoms with van der Waals surface area (Å²) in [5.74, 6) is -1.78. The minimum atomic E-state index is -4.48. The van der Waals surface area contributed by atoms with Crippen LogP contribution in [0.5, 0.6) is 0 Å². The lowest BCUT2D eigenvalue weighted by molar-refractivity contribution is 0.555. The van der Waals surface area contributed by atoms with E-state index in [-0.39, 0.29) is 22.2 Å². The van der Waals surface area contributed by atoms with E-state index >= 15 is 0 Å². The van der Waals surface area contributed by atoms with Crippen LogP contribution in [0.3, 0.4) is 0 Å². The summed E-state index contributed by atoms with van der Waals surface area (Å²) in [6.07, 6.45) is 2.44. The van der Waals surface area contributed by atoms with Crippen molar-refractivity contribution >= 4 is 55.6 Å². The largest absolute Gasteiger partial charge is 0.417 e. The Morgan fingerprint density at radius 3 is 1.55 bits per heavy atom.